The molecule has 3 heteroatoms. The number of hydrogen-bond acceptors (Lipinski definition) is 3. The molecule has 6 aliphatic carbocycles. The molecule has 4 unspecified atom stereocenters. The van der Waals surface area contributed by atoms with Crippen LogP contribution in [0, 0.1) is 11.3 Å². The Morgan fingerprint density at radius 2 is 1.50 bits per heavy atom. The molecule has 0 bridgehead atoms. The van der Waals surface area contributed by atoms with Crippen LogP contribution in [-0.2, 0) is 15.6 Å². The molecule has 0 amide bonds. The van der Waals surface area contributed by atoms with Gasteiger partial charge < -0.3 is 4.74 Å². The Kier molecular flexibility index (Phi) is 6.53. The number of hydrogen-bond donors (Lipinski definition) is 0. The van der Waals surface area contributed by atoms with E-state index in [-0.39, 0.29) is 11.3 Å². The molecule has 1 spiro atoms. The van der Waals surface area contributed by atoms with Gasteiger partial charge in [-0.25, -0.2) is 9.97 Å². The van der Waals surface area contributed by atoms with Crippen LogP contribution in [0.1, 0.15) is 62.7 Å². The molecule has 11 rings (SSSR count). The number of nitrogens with zero attached hydrogens (tertiary/aromatic N) is 2. The molecule has 0 fully saturated rings. The van der Waals surface area contributed by atoms with Gasteiger partial charge in [-0.2, -0.15) is 0 Å². The summed E-state index contributed by atoms with van der Waals surface area (Å²) in [5.41, 5.74) is 13.4. The van der Waals surface area contributed by atoms with Gasteiger partial charge in [-0.3, -0.25) is 0 Å². The van der Waals surface area contributed by atoms with E-state index in [0.29, 0.717) is 0 Å². The third kappa shape index (κ3) is 4.18. The maximum absolute atomic E-state index is 7.14. The van der Waals surface area contributed by atoms with Crippen molar-refractivity contribution in [1.82, 2.24) is 9.97 Å². The number of benzene rings is 3. The Bertz CT molecular complexity index is 2560. The predicted octanol–water partition coefficient (Wildman–Crippen LogP) is 11.7. The summed E-state index contributed by atoms with van der Waals surface area (Å²) >= 11 is 0. The maximum Gasteiger partial charge on any atom is 0.139 e. The number of fused-ring (bicyclic) bond motifs is 8. The zero-order valence-corrected chi connectivity index (χ0v) is 31.0. The molecule has 1 aliphatic heterocycles. The van der Waals surface area contributed by atoms with Crippen LogP contribution in [0.25, 0.3) is 28.0 Å². The smallest absolute Gasteiger partial charge is 0.139 e. The van der Waals surface area contributed by atoms with Crippen LogP contribution in [0.15, 0.2) is 186 Å². The number of ether oxygens (including phenoxy) is 1. The highest BCUT2D eigenvalue weighted by atomic mass is 16.5. The van der Waals surface area contributed by atoms with E-state index in [1.54, 1.807) is 0 Å². The lowest BCUT2D eigenvalue weighted by atomic mass is 9.56. The average molecular weight is 699 g/mol. The Labute approximate surface area is 317 Å². The highest BCUT2D eigenvalue weighted by Gasteiger charge is 2.59. The summed E-state index contributed by atoms with van der Waals surface area (Å²) in [4.78, 5) is 11.0. The number of allylic oxidation sites excluding steroid dienone is 15. The summed E-state index contributed by atoms with van der Waals surface area (Å²) in [6, 6.07) is 30.8. The van der Waals surface area contributed by atoms with Gasteiger partial charge >= 0.3 is 0 Å². The van der Waals surface area contributed by atoms with E-state index >= 15 is 0 Å². The van der Waals surface area contributed by atoms with Crippen molar-refractivity contribution in [3.8, 4) is 22.4 Å². The highest BCUT2D eigenvalue weighted by Crippen LogP contribution is 2.65. The minimum absolute atomic E-state index is 0.0211. The molecule has 7 aliphatic rings. The molecule has 3 nitrogen and oxygen atoms in total. The van der Waals surface area contributed by atoms with Gasteiger partial charge in [0.1, 0.15) is 17.2 Å². The summed E-state index contributed by atoms with van der Waals surface area (Å²) in [6.07, 6.45) is 30.3. The van der Waals surface area contributed by atoms with Crippen LogP contribution in [0.3, 0.4) is 0 Å². The molecule has 4 atom stereocenters. The molecule has 0 saturated carbocycles. The Morgan fingerprint density at radius 1 is 0.759 bits per heavy atom. The lowest BCUT2D eigenvalue weighted by Crippen LogP contribution is -2.50. The van der Waals surface area contributed by atoms with E-state index in [1.165, 1.54) is 44.5 Å². The largest absolute Gasteiger partial charge is 0.483 e. The normalized spacial score (nSPS) is 28.8. The summed E-state index contributed by atoms with van der Waals surface area (Å²) < 4.78 is 7.14. The summed E-state index contributed by atoms with van der Waals surface area (Å²) in [5, 5.41) is 0. The molecule has 1 aromatic heterocycles. The molecule has 3 aromatic carbocycles. The zero-order chi connectivity index (χ0) is 36.3. The van der Waals surface area contributed by atoms with E-state index in [4.69, 9.17) is 14.7 Å². The van der Waals surface area contributed by atoms with Gasteiger partial charge in [-0.15, -0.1) is 0 Å². The Hall–Kier alpha value is -5.80. The average Bonchev–Trinajstić information content (AvgIpc) is 3.49. The molecule has 0 radical (unpaired) electrons. The summed E-state index contributed by atoms with van der Waals surface area (Å²) in [5.74, 6) is 2.07. The standard InChI is InChI=1S/C51H42N2O/c1-48(47-52-43(33-15-5-4-6-16-33)31-44(53-47)34-29-36-19-13-17-35-18-14-20-37(30-34)50(35,36)3)28-26-45-42(32-48)51(46-25-11-12-27-49(46,2)54-45)40-23-9-7-21-38(40)39-22-8-10-24-41(39)51/h4-17,19-26,28-31,37H,18,27,32H2,1-3H3. The second-order valence-corrected chi connectivity index (χ2v) is 16.6. The maximum atomic E-state index is 7.14. The van der Waals surface area contributed by atoms with Gasteiger partial charge in [0.25, 0.3) is 0 Å². The van der Waals surface area contributed by atoms with E-state index in [2.05, 4.69) is 179 Å². The molecule has 262 valence electrons. The minimum Gasteiger partial charge on any atom is -0.483 e. The van der Waals surface area contributed by atoms with Gasteiger partial charge in [0, 0.05) is 28.7 Å². The fourth-order valence-electron chi connectivity index (χ4n) is 10.7. The van der Waals surface area contributed by atoms with Crippen molar-refractivity contribution in [3.63, 3.8) is 0 Å². The van der Waals surface area contributed by atoms with Gasteiger partial charge in [-0.1, -0.05) is 152 Å². The third-order valence-electron chi connectivity index (χ3n) is 13.5. The molecule has 2 heterocycles. The van der Waals surface area contributed by atoms with E-state index in [0.717, 1.165) is 53.4 Å². The van der Waals surface area contributed by atoms with Crippen LogP contribution >= 0.6 is 0 Å². The van der Waals surface area contributed by atoms with Gasteiger partial charge in [0.05, 0.1) is 16.8 Å². The quantitative estimate of drug-likeness (QED) is 0.200. The van der Waals surface area contributed by atoms with E-state index in [1.807, 2.05) is 0 Å². The van der Waals surface area contributed by atoms with E-state index in [9.17, 15) is 0 Å². The minimum atomic E-state index is -0.512. The van der Waals surface area contributed by atoms with Crippen molar-refractivity contribution in [2.75, 3.05) is 0 Å². The first-order valence-corrected chi connectivity index (χ1v) is 19.4. The number of aromatic nitrogens is 2. The zero-order valence-electron chi connectivity index (χ0n) is 31.0. The van der Waals surface area contributed by atoms with Gasteiger partial charge in [0.2, 0.25) is 0 Å². The van der Waals surface area contributed by atoms with Crippen molar-refractivity contribution in [1.29, 1.82) is 0 Å². The fraction of sp³-hybridized carbons (Fsp3) is 0.216. The first-order chi connectivity index (χ1) is 26.3. The lowest BCUT2D eigenvalue weighted by Gasteiger charge is -2.53. The Balaban J connectivity index is 1.11. The van der Waals surface area contributed by atoms with Gasteiger partial charge in [-0.05, 0) is 89.5 Å². The third-order valence-corrected chi connectivity index (χ3v) is 13.5. The molecule has 0 N–H and O–H groups in total. The van der Waals surface area contributed by atoms with Crippen molar-refractivity contribution < 1.29 is 4.74 Å². The molecular weight excluding hydrogens is 657 g/mol. The lowest BCUT2D eigenvalue weighted by molar-refractivity contribution is 0.0323. The monoisotopic (exact) mass is 698 g/mol. The molecule has 0 saturated heterocycles. The topological polar surface area (TPSA) is 35.0 Å². The van der Waals surface area contributed by atoms with Crippen molar-refractivity contribution >= 4 is 5.57 Å². The SMILES string of the molecule is CC12CC=CC=C1C1(C3=C(C=CC(C)(c4nc(C5=CC6C=CCC7=CC=CC(=C5)C76C)cc(-c5ccccc5)n4)C3)O2)c2ccccc2-c2ccccc21. The van der Waals surface area contributed by atoms with Crippen LogP contribution in [0.4, 0.5) is 0 Å². The second-order valence-electron chi connectivity index (χ2n) is 16.6. The predicted molar refractivity (Wildman–Crippen MR) is 218 cm³/mol. The molecule has 4 aromatic rings. The van der Waals surface area contributed by atoms with E-state index < -0.39 is 16.4 Å². The second kappa shape index (κ2) is 11.1. The first kappa shape index (κ1) is 31.7. The van der Waals surface area contributed by atoms with Crippen molar-refractivity contribution in [2.24, 2.45) is 11.3 Å². The van der Waals surface area contributed by atoms with Crippen molar-refractivity contribution in [2.45, 2.75) is 56.5 Å². The summed E-state index contributed by atoms with van der Waals surface area (Å²) in [7, 11) is 0. The van der Waals surface area contributed by atoms with Crippen LogP contribution in [-0.4, -0.2) is 15.6 Å². The Morgan fingerprint density at radius 3 is 2.30 bits per heavy atom. The molecular formula is C51H42N2O. The van der Waals surface area contributed by atoms with Crippen LogP contribution < -0.4 is 0 Å². The number of rotatable bonds is 3. The highest BCUT2D eigenvalue weighted by molar-refractivity contribution is 5.87. The molecule has 54 heavy (non-hydrogen) atoms. The van der Waals surface area contributed by atoms with Gasteiger partial charge in [0.15, 0.2) is 0 Å². The van der Waals surface area contributed by atoms with Crippen LogP contribution in [0.2, 0.25) is 0 Å². The fourth-order valence-corrected chi connectivity index (χ4v) is 10.7. The van der Waals surface area contributed by atoms with Crippen LogP contribution in [0.5, 0.6) is 0 Å². The summed E-state index contributed by atoms with van der Waals surface area (Å²) in [6.45, 7) is 7.00. The van der Waals surface area contributed by atoms with Crippen molar-refractivity contribution in [3.05, 3.63) is 209 Å². The first-order valence-electron chi connectivity index (χ1n) is 19.4.